The van der Waals surface area contributed by atoms with E-state index in [0.717, 1.165) is 5.69 Å². The van der Waals surface area contributed by atoms with Crippen LogP contribution in [-0.4, -0.2) is 62.0 Å². The SMILES string of the molecule is O=C1NCCN[C@H]1CC(=O)N1CCN(c2ccc(F)cc2)CC1. The van der Waals surface area contributed by atoms with Gasteiger partial charge in [-0.15, -0.1) is 0 Å². The molecular formula is C16H21FN4O2. The van der Waals surface area contributed by atoms with Crippen molar-refractivity contribution in [3.05, 3.63) is 30.1 Å². The molecule has 2 N–H and O–H groups in total. The van der Waals surface area contributed by atoms with Crippen molar-refractivity contribution in [1.82, 2.24) is 15.5 Å². The van der Waals surface area contributed by atoms with Gasteiger partial charge in [-0.1, -0.05) is 0 Å². The molecule has 0 unspecified atom stereocenters. The van der Waals surface area contributed by atoms with E-state index in [4.69, 9.17) is 0 Å². The number of benzene rings is 1. The van der Waals surface area contributed by atoms with E-state index in [0.29, 0.717) is 39.3 Å². The Kier molecular flexibility index (Phi) is 4.76. The number of carbonyl (C=O) groups is 2. The first-order chi connectivity index (χ1) is 11.1. The number of carbonyl (C=O) groups excluding carboxylic acids is 2. The zero-order valence-corrected chi connectivity index (χ0v) is 12.9. The van der Waals surface area contributed by atoms with E-state index in [2.05, 4.69) is 15.5 Å². The van der Waals surface area contributed by atoms with Gasteiger partial charge in [-0.2, -0.15) is 0 Å². The summed E-state index contributed by atoms with van der Waals surface area (Å²) in [5.74, 6) is -0.353. The summed E-state index contributed by atoms with van der Waals surface area (Å²) in [6.07, 6.45) is 0.197. The van der Waals surface area contributed by atoms with Gasteiger partial charge in [-0.05, 0) is 24.3 Å². The number of anilines is 1. The average molecular weight is 320 g/mol. The molecule has 0 spiro atoms. The Morgan fingerprint density at radius 2 is 1.83 bits per heavy atom. The molecule has 23 heavy (non-hydrogen) atoms. The fraction of sp³-hybridized carbons (Fsp3) is 0.500. The molecule has 0 saturated carbocycles. The maximum Gasteiger partial charge on any atom is 0.237 e. The van der Waals surface area contributed by atoms with Crippen LogP contribution in [0, 0.1) is 5.82 Å². The summed E-state index contributed by atoms with van der Waals surface area (Å²) in [7, 11) is 0. The summed E-state index contributed by atoms with van der Waals surface area (Å²) in [6, 6.07) is 5.97. The number of nitrogens with zero attached hydrogens (tertiary/aromatic N) is 2. The van der Waals surface area contributed by atoms with Gasteiger partial charge < -0.3 is 20.4 Å². The van der Waals surface area contributed by atoms with Gasteiger partial charge in [0.05, 0.1) is 12.5 Å². The highest BCUT2D eigenvalue weighted by atomic mass is 19.1. The monoisotopic (exact) mass is 320 g/mol. The van der Waals surface area contributed by atoms with E-state index in [9.17, 15) is 14.0 Å². The first-order valence-corrected chi connectivity index (χ1v) is 7.93. The van der Waals surface area contributed by atoms with Crippen molar-refractivity contribution < 1.29 is 14.0 Å². The normalized spacial score (nSPS) is 22.0. The highest BCUT2D eigenvalue weighted by molar-refractivity contribution is 5.88. The van der Waals surface area contributed by atoms with E-state index in [-0.39, 0.29) is 24.1 Å². The molecule has 0 aromatic heterocycles. The van der Waals surface area contributed by atoms with Gasteiger partial charge in [0.25, 0.3) is 0 Å². The Hall–Kier alpha value is -2.15. The molecule has 0 radical (unpaired) electrons. The molecule has 2 heterocycles. The molecule has 6 nitrogen and oxygen atoms in total. The van der Waals surface area contributed by atoms with Gasteiger partial charge in [-0.25, -0.2) is 4.39 Å². The molecule has 1 aromatic carbocycles. The zero-order valence-electron chi connectivity index (χ0n) is 12.9. The van der Waals surface area contributed by atoms with Gasteiger partial charge in [-0.3, -0.25) is 9.59 Å². The average Bonchev–Trinajstić information content (AvgIpc) is 2.58. The molecule has 124 valence electrons. The Labute approximate surface area is 134 Å². The van der Waals surface area contributed by atoms with E-state index < -0.39 is 6.04 Å². The minimum Gasteiger partial charge on any atom is -0.368 e. The molecule has 7 heteroatoms. The standard InChI is InChI=1S/C16H21FN4O2/c17-12-1-3-13(4-2-12)20-7-9-21(10-8-20)15(22)11-14-16(23)19-6-5-18-14/h1-4,14,18H,5-11H2,(H,19,23)/t14-/m0/s1. The van der Waals surface area contributed by atoms with Crippen LogP contribution in [0.2, 0.25) is 0 Å². The molecule has 2 aliphatic rings. The number of rotatable bonds is 3. The number of hydrogen-bond acceptors (Lipinski definition) is 4. The van der Waals surface area contributed by atoms with E-state index in [1.807, 2.05) is 0 Å². The van der Waals surface area contributed by atoms with E-state index in [1.165, 1.54) is 12.1 Å². The fourth-order valence-electron chi connectivity index (χ4n) is 2.98. The maximum atomic E-state index is 13.0. The van der Waals surface area contributed by atoms with Gasteiger partial charge in [0.2, 0.25) is 11.8 Å². The lowest BCUT2D eigenvalue weighted by atomic mass is 10.1. The number of hydrogen-bond donors (Lipinski definition) is 2. The third-order valence-corrected chi connectivity index (χ3v) is 4.33. The second-order valence-corrected chi connectivity index (χ2v) is 5.85. The Morgan fingerprint density at radius 1 is 1.13 bits per heavy atom. The Morgan fingerprint density at radius 3 is 2.48 bits per heavy atom. The van der Waals surface area contributed by atoms with Gasteiger partial charge in [0.1, 0.15) is 5.82 Å². The summed E-state index contributed by atoms with van der Waals surface area (Å²) >= 11 is 0. The number of halogens is 1. The third kappa shape index (κ3) is 3.79. The fourth-order valence-corrected chi connectivity index (χ4v) is 2.98. The van der Waals surface area contributed by atoms with Crippen molar-refractivity contribution in [2.24, 2.45) is 0 Å². The maximum absolute atomic E-state index is 13.0. The van der Waals surface area contributed by atoms with Crippen LogP contribution in [0.3, 0.4) is 0 Å². The molecule has 0 bridgehead atoms. The largest absolute Gasteiger partial charge is 0.368 e. The van der Waals surface area contributed by atoms with E-state index in [1.54, 1.807) is 17.0 Å². The highest BCUT2D eigenvalue weighted by Crippen LogP contribution is 2.17. The lowest BCUT2D eigenvalue weighted by molar-refractivity contribution is -0.135. The summed E-state index contributed by atoms with van der Waals surface area (Å²) in [4.78, 5) is 28.0. The number of nitrogens with one attached hydrogen (secondary N) is 2. The molecule has 1 atom stereocenters. The molecule has 1 aromatic rings. The van der Waals surface area contributed by atoms with Crippen LogP contribution < -0.4 is 15.5 Å². The van der Waals surface area contributed by atoms with Crippen molar-refractivity contribution in [2.75, 3.05) is 44.2 Å². The third-order valence-electron chi connectivity index (χ3n) is 4.33. The van der Waals surface area contributed by atoms with Crippen molar-refractivity contribution in [3.63, 3.8) is 0 Å². The lowest BCUT2D eigenvalue weighted by Crippen LogP contribution is -2.56. The molecule has 2 fully saturated rings. The zero-order chi connectivity index (χ0) is 16.2. The van der Waals surface area contributed by atoms with Crippen LogP contribution in [0.1, 0.15) is 6.42 Å². The van der Waals surface area contributed by atoms with Crippen molar-refractivity contribution >= 4 is 17.5 Å². The predicted octanol–water partition coefficient (Wildman–Crippen LogP) is -0.0476. The molecular weight excluding hydrogens is 299 g/mol. The summed E-state index contributed by atoms with van der Waals surface area (Å²) in [5, 5.41) is 5.84. The van der Waals surface area contributed by atoms with Crippen molar-refractivity contribution in [2.45, 2.75) is 12.5 Å². The molecule has 3 rings (SSSR count). The van der Waals surface area contributed by atoms with Crippen LogP contribution in [0.4, 0.5) is 10.1 Å². The van der Waals surface area contributed by atoms with Crippen molar-refractivity contribution in [3.8, 4) is 0 Å². The summed E-state index contributed by atoms with van der Waals surface area (Å²) in [6.45, 7) is 3.96. The number of piperazine rings is 2. The Balaban J connectivity index is 1.51. The molecule has 2 aliphatic heterocycles. The van der Waals surface area contributed by atoms with Gasteiger partial charge in [0, 0.05) is 45.0 Å². The molecule has 2 amide bonds. The van der Waals surface area contributed by atoms with Crippen LogP contribution >= 0.6 is 0 Å². The molecule has 2 saturated heterocycles. The quantitative estimate of drug-likeness (QED) is 0.820. The summed E-state index contributed by atoms with van der Waals surface area (Å²) < 4.78 is 13.0. The highest BCUT2D eigenvalue weighted by Gasteiger charge is 2.28. The van der Waals surface area contributed by atoms with Crippen molar-refractivity contribution in [1.29, 1.82) is 0 Å². The lowest BCUT2D eigenvalue weighted by Gasteiger charge is -2.37. The minimum absolute atomic E-state index is 0.00157. The topological polar surface area (TPSA) is 64.7 Å². The van der Waals surface area contributed by atoms with Crippen LogP contribution in [0.25, 0.3) is 0 Å². The predicted molar refractivity (Wildman–Crippen MR) is 84.6 cm³/mol. The second-order valence-electron chi connectivity index (χ2n) is 5.85. The smallest absolute Gasteiger partial charge is 0.237 e. The first kappa shape index (κ1) is 15.7. The van der Waals surface area contributed by atoms with Gasteiger partial charge >= 0.3 is 0 Å². The number of amides is 2. The first-order valence-electron chi connectivity index (χ1n) is 7.93. The second kappa shape index (κ2) is 6.95. The van der Waals surface area contributed by atoms with Gasteiger partial charge in [0.15, 0.2) is 0 Å². The van der Waals surface area contributed by atoms with Crippen LogP contribution in [-0.2, 0) is 9.59 Å². The van der Waals surface area contributed by atoms with Crippen LogP contribution in [0.5, 0.6) is 0 Å². The Bertz CT molecular complexity index is 570. The minimum atomic E-state index is -0.425. The molecule has 0 aliphatic carbocycles. The van der Waals surface area contributed by atoms with Crippen LogP contribution in [0.15, 0.2) is 24.3 Å². The summed E-state index contributed by atoms with van der Waals surface area (Å²) in [5.41, 5.74) is 0.965. The van der Waals surface area contributed by atoms with E-state index >= 15 is 0 Å².